The highest BCUT2D eigenvalue weighted by molar-refractivity contribution is 6.25. The summed E-state index contributed by atoms with van der Waals surface area (Å²) in [5.41, 5.74) is -2.89. The van der Waals surface area contributed by atoms with Gasteiger partial charge in [0.25, 0.3) is 0 Å². The molecular formula is C20H20N2O8. The van der Waals surface area contributed by atoms with Gasteiger partial charge in [0, 0.05) is 6.54 Å². The molecule has 0 radical (unpaired) electrons. The molecule has 10 nitrogen and oxygen atoms in total. The largest absolute Gasteiger partial charge is 0.507 e. The monoisotopic (exact) mass is 416 g/mol. The fourth-order valence-corrected chi connectivity index (χ4v) is 2.86. The van der Waals surface area contributed by atoms with Crippen molar-refractivity contribution in [3.05, 3.63) is 59.7 Å². The van der Waals surface area contributed by atoms with Gasteiger partial charge in [0.2, 0.25) is 0 Å². The van der Waals surface area contributed by atoms with Gasteiger partial charge >= 0.3 is 11.9 Å². The lowest BCUT2D eigenvalue weighted by Gasteiger charge is -2.32. The number of carbonyl (C=O) groups excluding carboxylic acids is 2. The van der Waals surface area contributed by atoms with Gasteiger partial charge in [-0.15, -0.1) is 0 Å². The van der Waals surface area contributed by atoms with Gasteiger partial charge in [-0.05, 0) is 24.3 Å². The molecule has 0 aliphatic rings. The standard InChI is InChI=1S/C20H20N2O8/c23-14-7-3-1-5-12(14)18(29)20(22-10-17(27)28,11-21-9-16(25)26)19(30)13-6-2-4-8-15(13)24/h1-8,21-24H,9-11H2,(H,25,26)(H,27,28). The van der Waals surface area contributed by atoms with Gasteiger partial charge in [0.05, 0.1) is 24.2 Å². The lowest BCUT2D eigenvalue weighted by atomic mass is 9.81. The van der Waals surface area contributed by atoms with E-state index in [1.54, 1.807) is 0 Å². The third kappa shape index (κ3) is 4.99. The lowest BCUT2D eigenvalue weighted by Crippen LogP contribution is -2.64. The Morgan fingerprint density at radius 3 is 1.57 bits per heavy atom. The second-order valence-electron chi connectivity index (χ2n) is 6.34. The minimum Gasteiger partial charge on any atom is -0.507 e. The molecule has 0 saturated carbocycles. The van der Waals surface area contributed by atoms with E-state index in [9.17, 15) is 29.4 Å². The molecule has 0 spiro atoms. The topological polar surface area (TPSA) is 173 Å². The van der Waals surface area contributed by atoms with Crippen molar-refractivity contribution in [1.29, 1.82) is 0 Å². The van der Waals surface area contributed by atoms with E-state index in [0.29, 0.717) is 0 Å². The first-order chi connectivity index (χ1) is 14.2. The van der Waals surface area contributed by atoms with Crippen molar-refractivity contribution in [2.45, 2.75) is 5.54 Å². The summed E-state index contributed by atoms with van der Waals surface area (Å²) in [4.78, 5) is 48.9. The predicted octanol–water partition coefficient (Wildman–Crippen LogP) is 0.251. The van der Waals surface area contributed by atoms with Gasteiger partial charge in [-0.2, -0.15) is 0 Å². The Morgan fingerprint density at radius 2 is 1.17 bits per heavy atom. The maximum absolute atomic E-state index is 13.4. The van der Waals surface area contributed by atoms with Gasteiger partial charge in [-0.3, -0.25) is 24.5 Å². The molecule has 0 aromatic heterocycles. The van der Waals surface area contributed by atoms with Crippen LogP contribution in [0.3, 0.4) is 0 Å². The van der Waals surface area contributed by atoms with E-state index < -0.39 is 60.2 Å². The van der Waals surface area contributed by atoms with Crippen molar-refractivity contribution in [3.8, 4) is 11.5 Å². The predicted molar refractivity (Wildman–Crippen MR) is 104 cm³/mol. The average Bonchev–Trinajstić information content (AvgIpc) is 2.70. The van der Waals surface area contributed by atoms with Crippen molar-refractivity contribution < 1.29 is 39.6 Å². The van der Waals surface area contributed by atoms with Crippen molar-refractivity contribution in [2.75, 3.05) is 19.6 Å². The van der Waals surface area contributed by atoms with Gasteiger partial charge < -0.3 is 25.7 Å². The Kier molecular flexibility index (Phi) is 7.23. The van der Waals surface area contributed by atoms with Gasteiger partial charge in [0.1, 0.15) is 11.5 Å². The number of aromatic hydroxyl groups is 2. The number of hydrogen-bond donors (Lipinski definition) is 6. The quantitative estimate of drug-likeness (QED) is 0.220. The molecule has 0 aliphatic carbocycles. The van der Waals surface area contributed by atoms with Crippen molar-refractivity contribution in [3.63, 3.8) is 0 Å². The van der Waals surface area contributed by atoms with E-state index in [4.69, 9.17) is 10.2 Å². The van der Waals surface area contributed by atoms with Crippen LogP contribution in [0.1, 0.15) is 20.7 Å². The number of aliphatic carboxylic acids is 2. The first-order valence-corrected chi connectivity index (χ1v) is 8.74. The zero-order chi connectivity index (χ0) is 22.3. The number of Topliss-reactive ketones (excluding diaryl/α,β-unsaturated/α-hetero) is 2. The number of phenols is 2. The van der Waals surface area contributed by atoms with Crippen LogP contribution in [0.25, 0.3) is 0 Å². The van der Waals surface area contributed by atoms with Gasteiger partial charge in [0.15, 0.2) is 17.1 Å². The summed E-state index contributed by atoms with van der Waals surface area (Å²) in [6.45, 7) is -2.07. The summed E-state index contributed by atoms with van der Waals surface area (Å²) >= 11 is 0. The zero-order valence-corrected chi connectivity index (χ0v) is 15.7. The smallest absolute Gasteiger partial charge is 0.317 e. The molecule has 0 fully saturated rings. The molecule has 10 heteroatoms. The number of nitrogens with one attached hydrogen (secondary N) is 2. The zero-order valence-electron chi connectivity index (χ0n) is 15.7. The summed E-state index contributed by atoms with van der Waals surface area (Å²) in [6.07, 6.45) is 0. The average molecular weight is 416 g/mol. The number of para-hydroxylation sites is 2. The Balaban J connectivity index is 2.63. The molecule has 2 aromatic carbocycles. The SMILES string of the molecule is O=C(O)CNCC(NCC(=O)O)(C(=O)c1ccccc1O)C(=O)c1ccccc1O. The molecule has 0 saturated heterocycles. The van der Waals surface area contributed by atoms with Crippen LogP contribution in [-0.2, 0) is 9.59 Å². The minimum atomic E-state index is -2.33. The molecule has 0 amide bonds. The van der Waals surface area contributed by atoms with Crippen LogP contribution in [0.15, 0.2) is 48.5 Å². The van der Waals surface area contributed by atoms with Crippen LogP contribution < -0.4 is 10.6 Å². The molecule has 0 atom stereocenters. The van der Waals surface area contributed by atoms with E-state index in [0.717, 1.165) is 0 Å². The number of carboxylic acid groups (broad SMARTS) is 2. The summed E-state index contributed by atoms with van der Waals surface area (Å²) in [6, 6.07) is 10.7. The maximum Gasteiger partial charge on any atom is 0.317 e. The van der Waals surface area contributed by atoms with E-state index in [1.807, 2.05) is 0 Å². The molecule has 2 aromatic rings. The van der Waals surface area contributed by atoms with Crippen LogP contribution in [-0.4, -0.2) is 69.1 Å². The van der Waals surface area contributed by atoms with Gasteiger partial charge in [-0.25, -0.2) is 0 Å². The molecule has 6 N–H and O–H groups in total. The van der Waals surface area contributed by atoms with Crippen LogP contribution >= 0.6 is 0 Å². The van der Waals surface area contributed by atoms with Crippen molar-refractivity contribution in [1.82, 2.24) is 10.6 Å². The number of carbonyl (C=O) groups is 4. The molecule has 30 heavy (non-hydrogen) atoms. The molecule has 0 aliphatic heterocycles. The third-order valence-electron chi connectivity index (χ3n) is 4.28. The summed E-state index contributed by atoms with van der Waals surface area (Å²) in [7, 11) is 0. The Hall–Kier alpha value is -3.76. The lowest BCUT2D eigenvalue weighted by molar-refractivity contribution is -0.137. The second kappa shape index (κ2) is 9.63. The third-order valence-corrected chi connectivity index (χ3v) is 4.28. The highest BCUT2D eigenvalue weighted by atomic mass is 16.4. The Bertz CT molecular complexity index is 915. The minimum absolute atomic E-state index is 0.281. The first-order valence-electron chi connectivity index (χ1n) is 8.74. The van der Waals surface area contributed by atoms with E-state index in [1.165, 1.54) is 48.5 Å². The number of phenolic OH excluding ortho intramolecular Hbond substituents is 2. The summed E-state index contributed by atoms with van der Waals surface area (Å²) < 4.78 is 0. The summed E-state index contributed by atoms with van der Waals surface area (Å²) in [5, 5.41) is 43.0. The van der Waals surface area contributed by atoms with Crippen molar-refractivity contribution >= 4 is 23.5 Å². The van der Waals surface area contributed by atoms with E-state index in [2.05, 4.69) is 10.6 Å². The maximum atomic E-state index is 13.4. The second-order valence-corrected chi connectivity index (χ2v) is 6.34. The van der Waals surface area contributed by atoms with Gasteiger partial charge in [-0.1, -0.05) is 24.3 Å². The number of benzene rings is 2. The van der Waals surface area contributed by atoms with E-state index >= 15 is 0 Å². The fourth-order valence-electron chi connectivity index (χ4n) is 2.86. The van der Waals surface area contributed by atoms with Crippen LogP contribution in [0.2, 0.25) is 0 Å². The molecular weight excluding hydrogens is 396 g/mol. The van der Waals surface area contributed by atoms with Crippen LogP contribution in [0.4, 0.5) is 0 Å². The molecule has 2 rings (SSSR count). The molecule has 158 valence electrons. The number of carboxylic acids is 2. The Labute approximate surface area is 170 Å². The van der Waals surface area contributed by atoms with Crippen LogP contribution in [0.5, 0.6) is 11.5 Å². The van der Waals surface area contributed by atoms with E-state index in [-0.39, 0.29) is 11.1 Å². The normalized spacial score (nSPS) is 11.1. The summed E-state index contributed by atoms with van der Waals surface area (Å²) in [5.74, 6) is -5.54. The van der Waals surface area contributed by atoms with Crippen molar-refractivity contribution in [2.24, 2.45) is 0 Å². The number of hydrogen-bond acceptors (Lipinski definition) is 8. The van der Waals surface area contributed by atoms with Crippen LogP contribution in [0, 0.1) is 0 Å². The Morgan fingerprint density at radius 1 is 0.733 bits per heavy atom. The highest BCUT2D eigenvalue weighted by Gasteiger charge is 2.47. The first kappa shape index (κ1) is 22.5. The molecule has 0 heterocycles. The number of rotatable bonds is 11. The fraction of sp³-hybridized carbons (Fsp3) is 0.200. The molecule has 0 bridgehead atoms. The highest BCUT2D eigenvalue weighted by Crippen LogP contribution is 2.28. The molecule has 0 unspecified atom stereocenters. The number of ketones is 2.